The van der Waals surface area contributed by atoms with Crippen molar-refractivity contribution in [3.63, 3.8) is 0 Å². The number of carbonyl (C=O) groups is 1. The lowest BCUT2D eigenvalue weighted by Crippen LogP contribution is -2.26. The Kier molecular flexibility index (Phi) is 3.71. The van der Waals surface area contributed by atoms with Gasteiger partial charge in [0.25, 0.3) is 5.91 Å². The van der Waals surface area contributed by atoms with Crippen LogP contribution in [0.25, 0.3) is 0 Å². The lowest BCUT2D eigenvalue weighted by Gasteiger charge is -2.16. The molecule has 0 unspecified atom stereocenters. The van der Waals surface area contributed by atoms with Crippen molar-refractivity contribution < 1.29 is 15.0 Å². The summed E-state index contributed by atoms with van der Waals surface area (Å²) >= 11 is 1.49. The van der Waals surface area contributed by atoms with Crippen LogP contribution in [0, 0.1) is 6.92 Å². The minimum atomic E-state index is -0.265. The van der Waals surface area contributed by atoms with E-state index < -0.39 is 0 Å². The normalized spacial score (nSPS) is 10.4. The Bertz CT molecular complexity index is 589. The van der Waals surface area contributed by atoms with Crippen LogP contribution in [0.1, 0.15) is 20.9 Å². The maximum Gasteiger partial charge on any atom is 0.254 e. The molecule has 0 aliphatic rings. The molecule has 0 fully saturated rings. The van der Waals surface area contributed by atoms with Gasteiger partial charge in [-0.2, -0.15) is 0 Å². The smallest absolute Gasteiger partial charge is 0.254 e. The van der Waals surface area contributed by atoms with E-state index in [2.05, 4.69) is 4.98 Å². The summed E-state index contributed by atoms with van der Waals surface area (Å²) < 4.78 is 0. The monoisotopic (exact) mass is 278 g/mol. The van der Waals surface area contributed by atoms with E-state index in [9.17, 15) is 15.0 Å². The van der Waals surface area contributed by atoms with Crippen LogP contribution in [0.15, 0.2) is 23.7 Å². The highest BCUT2D eigenvalue weighted by Crippen LogP contribution is 2.22. The zero-order chi connectivity index (χ0) is 14.0. The summed E-state index contributed by atoms with van der Waals surface area (Å²) in [5.41, 5.74) is 2.90. The zero-order valence-electron chi connectivity index (χ0n) is 10.6. The fraction of sp³-hybridized carbons (Fsp3) is 0.231. The standard InChI is InChI=1S/C13H14N2O3S/c1-8-12(19-7-14-8)6-15(2)13(18)9-3-10(16)5-11(17)4-9/h3-5,7,16-17H,6H2,1-2H3. The molecule has 6 heteroatoms. The number of hydrogen-bond donors (Lipinski definition) is 2. The lowest BCUT2D eigenvalue weighted by atomic mass is 10.1. The first-order valence-corrected chi connectivity index (χ1v) is 6.53. The molecule has 100 valence electrons. The molecule has 1 aromatic carbocycles. The Morgan fingerprint density at radius 3 is 2.47 bits per heavy atom. The second-order valence-corrected chi connectivity index (χ2v) is 5.20. The van der Waals surface area contributed by atoms with Crippen molar-refractivity contribution in [1.82, 2.24) is 9.88 Å². The van der Waals surface area contributed by atoms with Gasteiger partial charge in [0.15, 0.2) is 0 Å². The van der Waals surface area contributed by atoms with Crippen molar-refractivity contribution in [1.29, 1.82) is 0 Å². The van der Waals surface area contributed by atoms with E-state index in [0.29, 0.717) is 6.54 Å². The van der Waals surface area contributed by atoms with Gasteiger partial charge in [0.05, 0.1) is 17.7 Å². The molecule has 19 heavy (non-hydrogen) atoms. The zero-order valence-corrected chi connectivity index (χ0v) is 11.4. The van der Waals surface area contributed by atoms with Gasteiger partial charge in [-0.1, -0.05) is 0 Å². The molecule has 0 aliphatic heterocycles. The summed E-state index contributed by atoms with van der Waals surface area (Å²) in [5.74, 6) is -0.532. The van der Waals surface area contributed by atoms with Crippen molar-refractivity contribution in [2.45, 2.75) is 13.5 Å². The van der Waals surface area contributed by atoms with Gasteiger partial charge in [0, 0.05) is 23.6 Å². The van der Waals surface area contributed by atoms with E-state index in [1.54, 1.807) is 12.6 Å². The number of rotatable bonds is 3. The molecule has 1 heterocycles. The van der Waals surface area contributed by atoms with Gasteiger partial charge in [0.2, 0.25) is 0 Å². The number of phenolic OH excluding ortho intramolecular Hbond substituents is 2. The number of carbonyl (C=O) groups excluding carboxylic acids is 1. The molecule has 1 amide bonds. The fourth-order valence-electron chi connectivity index (χ4n) is 1.70. The summed E-state index contributed by atoms with van der Waals surface area (Å²) in [6.07, 6.45) is 0. The van der Waals surface area contributed by atoms with Crippen LogP contribution in [0.5, 0.6) is 11.5 Å². The summed E-state index contributed by atoms with van der Waals surface area (Å²) in [6, 6.07) is 3.85. The maximum absolute atomic E-state index is 12.2. The molecule has 0 bridgehead atoms. The molecule has 1 aromatic heterocycles. The minimum Gasteiger partial charge on any atom is -0.508 e. The molecule has 2 aromatic rings. The summed E-state index contributed by atoms with van der Waals surface area (Å²) in [5, 5.41) is 18.8. The predicted octanol–water partition coefficient (Wildman–Crippen LogP) is 2.13. The van der Waals surface area contributed by atoms with Crippen LogP contribution in [0.4, 0.5) is 0 Å². The van der Waals surface area contributed by atoms with Crippen LogP contribution in [-0.4, -0.2) is 33.1 Å². The number of amides is 1. The third-order valence-corrected chi connectivity index (χ3v) is 3.64. The van der Waals surface area contributed by atoms with Crippen LogP contribution < -0.4 is 0 Å². The van der Waals surface area contributed by atoms with Gasteiger partial charge in [-0.25, -0.2) is 4.98 Å². The first-order valence-electron chi connectivity index (χ1n) is 5.65. The number of hydrogen-bond acceptors (Lipinski definition) is 5. The van der Waals surface area contributed by atoms with E-state index in [4.69, 9.17) is 0 Å². The van der Waals surface area contributed by atoms with Crippen molar-refractivity contribution in [3.8, 4) is 11.5 Å². The number of aromatic hydroxyl groups is 2. The molecule has 5 nitrogen and oxygen atoms in total. The highest BCUT2D eigenvalue weighted by atomic mass is 32.1. The Morgan fingerprint density at radius 1 is 1.32 bits per heavy atom. The second kappa shape index (κ2) is 5.27. The van der Waals surface area contributed by atoms with Gasteiger partial charge >= 0.3 is 0 Å². The van der Waals surface area contributed by atoms with Gasteiger partial charge in [-0.15, -0.1) is 11.3 Å². The molecule has 2 N–H and O–H groups in total. The molecular weight excluding hydrogens is 264 g/mol. The topological polar surface area (TPSA) is 73.7 Å². The van der Waals surface area contributed by atoms with Crippen LogP contribution >= 0.6 is 11.3 Å². The molecule has 0 atom stereocenters. The Labute approximate surface area is 114 Å². The average molecular weight is 278 g/mol. The number of nitrogens with zero attached hydrogens (tertiary/aromatic N) is 2. The van der Waals surface area contributed by atoms with Crippen molar-refractivity contribution in [2.75, 3.05) is 7.05 Å². The van der Waals surface area contributed by atoms with E-state index >= 15 is 0 Å². The molecule has 0 spiro atoms. The average Bonchev–Trinajstić information content (AvgIpc) is 2.72. The number of aromatic nitrogens is 1. The van der Waals surface area contributed by atoms with E-state index in [1.165, 1.54) is 34.4 Å². The fourth-order valence-corrected chi connectivity index (χ4v) is 2.53. The molecular formula is C13H14N2O3S. The van der Waals surface area contributed by atoms with Crippen LogP contribution in [0.2, 0.25) is 0 Å². The SMILES string of the molecule is Cc1ncsc1CN(C)C(=O)c1cc(O)cc(O)c1. The molecule has 0 saturated heterocycles. The van der Waals surface area contributed by atoms with Gasteiger partial charge < -0.3 is 15.1 Å². The largest absolute Gasteiger partial charge is 0.508 e. The van der Waals surface area contributed by atoms with Crippen LogP contribution in [-0.2, 0) is 6.54 Å². The second-order valence-electron chi connectivity index (χ2n) is 4.26. The number of thiazole rings is 1. The summed E-state index contributed by atoms with van der Waals surface area (Å²) in [7, 11) is 1.67. The highest BCUT2D eigenvalue weighted by Gasteiger charge is 2.15. The van der Waals surface area contributed by atoms with Crippen molar-refractivity contribution >= 4 is 17.2 Å². The Balaban J connectivity index is 2.17. The van der Waals surface area contributed by atoms with Crippen molar-refractivity contribution in [3.05, 3.63) is 39.8 Å². The van der Waals surface area contributed by atoms with E-state index in [1.807, 2.05) is 6.92 Å². The summed E-state index contributed by atoms with van der Waals surface area (Å²) in [6.45, 7) is 2.34. The summed E-state index contributed by atoms with van der Waals surface area (Å²) in [4.78, 5) is 18.8. The Morgan fingerprint density at radius 2 is 1.95 bits per heavy atom. The van der Waals surface area contributed by atoms with Crippen LogP contribution in [0.3, 0.4) is 0 Å². The quantitative estimate of drug-likeness (QED) is 0.902. The van der Waals surface area contributed by atoms with Gasteiger partial charge in [-0.05, 0) is 19.1 Å². The highest BCUT2D eigenvalue weighted by molar-refractivity contribution is 7.09. The van der Waals surface area contributed by atoms with Crippen molar-refractivity contribution in [2.24, 2.45) is 0 Å². The predicted molar refractivity (Wildman–Crippen MR) is 72.4 cm³/mol. The third-order valence-electron chi connectivity index (χ3n) is 2.72. The van der Waals surface area contributed by atoms with Gasteiger partial charge in [0.1, 0.15) is 11.5 Å². The molecule has 0 radical (unpaired) electrons. The third kappa shape index (κ3) is 3.03. The first-order chi connectivity index (χ1) is 8.97. The van der Waals surface area contributed by atoms with E-state index in [0.717, 1.165) is 10.6 Å². The maximum atomic E-state index is 12.2. The minimum absolute atomic E-state index is 0.134. The first kappa shape index (κ1) is 13.4. The van der Waals surface area contributed by atoms with E-state index in [-0.39, 0.29) is 23.0 Å². The van der Waals surface area contributed by atoms with Gasteiger partial charge in [-0.3, -0.25) is 4.79 Å². The molecule has 0 aliphatic carbocycles. The molecule has 0 saturated carbocycles. The molecule has 2 rings (SSSR count). The number of benzene rings is 1. The Hall–Kier alpha value is -2.08. The number of phenols is 2. The number of aryl methyl sites for hydroxylation is 1. The lowest BCUT2D eigenvalue weighted by molar-refractivity contribution is 0.0785.